The number of carbonyl (C=O) groups excluding carboxylic acids is 1. The third kappa shape index (κ3) is 44.4. The Labute approximate surface area is 183 Å². The van der Waals surface area contributed by atoms with Gasteiger partial charge in [0.1, 0.15) is 0 Å². The number of hydrogen-bond acceptors (Lipinski definition) is 5. The molecule has 0 aromatic heterocycles. The van der Waals surface area contributed by atoms with Crippen molar-refractivity contribution < 1.29 is 15.0 Å². The number of rotatable bonds is 15. The predicted molar refractivity (Wildman–Crippen MR) is 120 cm³/mol. The fourth-order valence-corrected chi connectivity index (χ4v) is 6.70. The number of aliphatic hydroxyl groups excluding tert-OH is 1. The molecule has 0 rings (SSSR count). The third-order valence-corrected chi connectivity index (χ3v) is 8.53. The number of thioether (sulfide) groups is 1. The first-order valence-electron chi connectivity index (χ1n) is 10.1. The van der Waals surface area contributed by atoms with Crippen LogP contribution in [-0.2, 0) is 17.4 Å². The summed E-state index contributed by atoms with van der Waals surface area (Å²) in [6, 6.07) is 0. The Morgan fingerprint density at radius 2 is 1.62 bits per heavy atom. The molecule has 0 aromatic rings. The van der Waals surface area contributed by atoms with Gasteiger partial charge in [-0.1, -0.05) is 33.1 Å². The first kappa shape index (κ1) is 31.6. The molecule has 0 unspecified atom stereocenters. The van der Waals surface area contributed by atoms with E-state index in [4.69, 9.17) is 5.11 Å². The van der Waals surface area contributed by atoms with E-state index >= 15 is 0 Å². The Morgan fingerprint density at radius 1 is 1.08 bits per heavy atom. The van der Waals surface area contributed by atoms with Gasteiger partial charge in [0.15, 0.2) is 0 Å². The maximum absolute atomic E-state index is 10.0. The van der Waals surface area contributed by atoms with Crippen LogP contribution in [0, 0.1) is 5.92 Å². The second kappa shape index (κ2) is 30.6. The van der Waals surface area contributed by atoms with Crippen molar-refractivity contribution in [3.8, 4) is 0 Å². The SMILES string of the molecule is CC(C)CCCCCSCC(=O)[O-].CCC[CH2][Sn+2][CH2]CCC.OCC[S-]. The van der Waals surface area contributed by atoms with Gasteiger partial charge in [-0.25, -0.2) is 0 Å². The summed E-state index contributed by atoms with van der Waals surface area (Å²) in [4.78, 5) is 10.0. The number of aliphatic carboxylic acids is 1. The predicted octanol–water partition coefficient (Wildman–Crippen LogP) is 4.34. The summed E-state index contributed by atoms with van der Waals surface area (Å²) in [7, 11) is 0. The van der Waals surface area contributed by atoms with Gasteiger partial charge in [-0.15, -0.1) is 0 Å². The van der Waals surface area contributed by atoms with Gasteiger partial charge in [0.2, 0.25) is 0 Å². The molecular formula is C20H42O3S2Sn. The average molecular weight is 513 g/mol. The minimum Gasteiger partial charge on any atom is -0.790 e. The number of carbonyl (C=O) groups is 1. The van der Waals surface area contributed by atoms with Gasteiger partial charge in [0.25, 0.3) is 0 Å². The molecule has 0 aliphatic carbocycles. The largest absolute Gasteiger partial charge is 0.790 e. The second-order valence-corrected chi connectivity index (χ2v) is 12.3. The number of carboxylic acid groups (broad SMARTS) is 1. The molecule has 0 radical (unpaired) electrons. The number of carboxylic acids is 1. The van der Waals surface area contributed by atoms with Crippen LogP contribution in [0.15, 0.2) is 0 Å². The van der Waals surface area contributed by atoms with Crippen molar-refractivity contribution in [1.29, 1.82) is 0 Å². The van der Waals surface area contributed by atoms with Gasteiger partial charge >= 0.3 is 69.5 Å². The van der Waals surface area contributed by atoms with E-state index in [1.807, 2.05) is 0 Å². The Morgan fingerprint density at radius 3 is 2.00 bits per heavy atom. The molecule has 0 spiro atoms. The Bertz CT molecular complexity index is 247. The van der Waals surface area contributed by atoms with Crippen LogP contribution in [0.25, 0.3) is 0 Å². The fraction of sp³-hybridized carbons (Fsp3) is 0.950. The summed E-state index contributed by atoms with van der Waals surface area (Å²) in [6.07, 6.45) is 10.7. The molecule has 0 bridgehead atoms. The van der Waals surface area contributed by atoms with Crippen molar-refractivity contribution in [2.75, 3.05) is 23.9 Å². The summed E-state index contributed by atoms with van der Waals surface area (Å²) in [6.45, 7) is 9.17. The van der Waals surface area contributed by atoms with E-state index in [2.05, 4.69) is 40.3 Å². The van der Waals surface area contributed by atoms with E-state index in [0.29, 0.717) is 5.75 Å². The zero-order valence-corrected chi connectivity index (χ0v) is 22.0. The van der Waals surface area contributed by atoms with Crippen molar-refractivity contribution in [2.45, 2.75) is 87.9 Å². The van der Waals surface area contributed by atoms with Crippen LogP contribution in [0.5, 0.6) is 0 Å². The van der Waals surface area contributed by atoms with E-state index in [-0.39, 0.29) is 33.5 Å². The molecule has 1 N–H and O–H groups in total. The number of aliphatic hydroxyl groups is 1. The summed E-state index contributed by atoms with van der Waals surface area (Å²) in [5.74, 6) is 1.39. The van der Waals surface area contributed by atoms with Gasteiger partial charge < -0.3 is 27.6 Å². The molecule has 0 heterocycles. The topological polar surface area (TPSA) is 60.4 Å². The van der Waals surface area contributed by atoms with Crippen molar-refractivity contribution in [3.05, 3.63) is 0 Å². The van der Waals surface area contributed by atoms with Crippen LogP contribution in [0.3, 0.4) is 0 Å². The van der Waals surface area contributed by atoms with Gasteiger partial charge in [-0.2, -0.15) is 17.5 Å². The Hall–Kier alpha value is 0.929. The van der Waals surface area contributed by atoms with Gasteiger partial charge in [0.05, 0.1) is 5.97 Å². The maximum Gasteiger partial charge on any atom is 0.0213 e. The summed E-state index contributed by atoms with van der Waals surface area (Å²) >= 11 is 5.91. The van der Waals surface area contributed by atoms with E-state index < -0.39 is 5.97 Å². The van der Waals surface area contributed by atoms with Crippen molar-refractivity contribution in [2.24, 2.45) is 5.92 Å². The molecule has 0 atom stereocenters. The van der Waals surface area contributed by atoms with Gasteiger partial charge in [-0.05, 0) is 18.1 Å². The minimum absolute atomic E-state index is 0.134. The second-order valence-electron chi connectivity index (χ2n) is 6.55. The molecule has 26 heavy (non-hydrogen) atoms. The molecule has 0 fully saturated rings. The average Bonchev–Trinajstić information content (AvgIpc) is 2.61. The standard InChI is InChI=1S/C10H20O2S.2C4H9.C2H6OS.Sn/c1-9(2)6-4-3-5-7-13-8-10(11)12;2*1-3-4-2;3-1-2-4;/h9H,3-8H2,1-2H3,(H,11,12);2*1,3-4H2,2H3;3-4H,1-2H2;/q;;;;+2/p-2. The molecule has 0 saturated heterocycles. The Balaban J connectivity index is -0.000000352. The molecule has 0 amide bonds. The van der Waals surface area contributed by atoms with Crippen molar-refractivity contribution in [1.82, 2.24) is 0 Å². The van der Waals surface area contributed by atoms with Crippen LogP contribution < -0.4 is 5.11 Å². The van der Waals surface area contributed by atoms with E-state index in [1.165, 1.54) is 56.7 Å². The number of hydrogen-bond donors (Lipinski definition) is 1. The summed E-state index contributed by atoms with van der Waals surface area (Å²) < 4.78 is 3.25. The molecule has 156 valence electrons. The smallest absolute Gasteiger partial charge is 0.0213 e. The first-order chi connectivity index (χ1) is 12.5. The van der Waals surface area contributed by atoms with Crippen LogP contribution in [0.4, 0.5) is 0 Å². The quantitative estimate of drug-likeness (QED) is 0.201. The monoisotopic (exact) mass is 514 g/mol. The van der Waals surface area contributed by atoms with Crippen LogP contribution >= 0.6 is 11.8 Å². The first-order valence-corrected chi connectivity index (χ1v) is 15.9. The minimum atomic E-state index is -0.952. The van der Waals surface area contributed by atoms with E-state index in [0.717, 1.165) is 18.1 Å². The molecule has 0 saturated carbocycles. The van der Waals surface area contributed by atoms with Crippen LogP contribution in [0.2, 0.25) is 8.87 Å². The molecular weight excluding hydrogens is 471 g/mol. The third-order valence-electron chi connectivity index (χ3n) is 3.30. The van der Waals surface area contributed by atoms with Gasteiger partial charge in [-0.3, -0.25) is 0 Å². The van der Waals surface area contributed by atoms with Crippen LogP contribution in [0.1, 0.15) is 79.1 Å². The van der Waals surface area contributed by atoms with Crippen molar-refractivity contribution in [3.63, 3.8) is 0 Å². The molecule has 0 aromatic carbocycles. The molecule has 0 aliphatic rings. The molecule has 0 aliphatic heterocycles. The normalized spacial score (nSPS) is 9.65. The number of unbranched alkanes of at least 4 members (excludes halogenated alkanes) is 4. The fourth-order valence-electron chi connectivity index (χ4n) is 1.82. The van der Waals surface area contributed by atoms with Gasteiger partial charge in [0, 0.05) is 12.4 Å². The Kier molecular flexibility index (Phi) is 37.3. The van der Waals surface area contributed by atoms with Crippen LogP contribution in [-0.4, -0.2) is 56.1 Å². The maximum atomic E-state index is 10.0. The summed E-state index contributed by atoms with van der Waals surface area (Å²) in [5.41, 5.74) is 0. The molecule has 3 nitrogen and oxygen atoms in total. The van der Waals surface area contributed by atoms with Crippen molar-refractivity contribution >= 4 is 51.5 Å². The zero-order valence-electron chi connectivity index (χ0n) is 17.6. The zero-order chi connectivity index (χ0) is 20.5. The van der Waals surface area contributed by atoms with E-state index in [1.54, 1.807) is 8.87 Å². The molecule has 6 heteroatoms. The van der Waals surface area contributed by atoms with E-state index in [9.17, 15) is 9.90 Å². The summed E-state index contributed by atoms with van der Waals surface area (Å²) in [5, 5.41) is 17.8.